The fourth-order valence-corrected chi connectivity index (χ4v) is 4.46. The zero-order valence-electron chi connectivity index (χ0n) is 16.8. The van der Waals surface area contributed by atoms with Crippen molar-refractivity contribution in [3.8, 4) is 0 Å². The average molecular weight is 419 g/mol. The molecule has 30 heavy (non-hydrogen) atoms. The molecule has 3 nitrogen and oxygen atoms in total. The number of hydrogen-bond donors (Lipinski definition) is 1. The van der Waals surface area contributed by atoms with E-state index in [0.29, 0.717) is 30.0 Å². The minimum atomic E-state index is -0.174. The molecule has 0 fully saturated rings. The van der Waals surface area contributed by atoms with Gasteiger partial charge in [-0.15, -0.1) is 11.8 Å². The fourth-order valence-electron chi connectivity index (χ4n) is 3.38. The summed E-state index contributed by atoms with van der Waals surface area (Å²) in [5, 5.41) is 4.13. The lowest BCUT2D eigenvalue weighted by Gasteiger charge is -2.08. The molecule has 0 saturated carbocycles. The number of benzene rings is 3. The summed E-state index contributed by atoms with van der Waals surface area (Å²) >= 11 is 1.63. The number of thioether (sulfide) groups is 1. The number of nitrogens with one attached hydrogen (secondary N) is 1. The molecule has 0 radical (unpaired) electrons. The Kier molecular flexibility index (Phi) is 6.19. The van der Waals surface area contributed by atoms with Crippen molar-refractivity contribution in [2.24, 2.45) is 0 Å². The third kappa shape index (κ3) is 4.57. The Morgan fingerprint density at radius 3 is 2.53 bits per heavy atom. The number of para-hydroxylation sites is 1. The number of fused-ring (bicyclic) bond motifs is 1. The van der Waals surface area contributed by atoms with E-state index in [4.69, 9.17) is 0 Å². The molecule has 1 heterocycles. The van der Waals surface area contributed by atoms with Crippen molar-refractivity contribution in [2.75, 3.05) is 6.54 Å². The first-order chi connectivity index (χ1) is 14.6. The summed E-state index contributed by atoms with van der Waals surface area (Å²) in [7, 11) is 0. The van der Waals surface area contributed by atoms with Crippen molar-refractivity contribution in [2.45, 2.75) is 24.1 Å². The molecule has 3 aromatic carbocycles. The van der Waals surface area contributed by atoms with Crippen LogP contribution in [0.3, 0.4) is 0 Å². The second-order valence-corrected chi connectivity index (χ2v) is 8.22. The van der Waals surface area contributed by atoms with E-state index in [1.807, 2.05) is 55.5 Å². The number of halogens is 1. The summed E-state index contributed by atoms with van der Waals surface area (Å²) in [5.74, 6) is 0.332. The fraction of sp³-hybridized carbons (Fsp3) is 0.160. The number of rotatable bonds is 7. The summed E-state index contributed by atoms with van der Waals surface area (Å²) in [6.07, 6.45) is 2.09. The van der Waals surface area contributed by atoms with Crippen LogP contribution in [0.4, 0.5) is 4.39 Å². The smallest absolute Gasteiger partial charge is 0.251 e. The number of amides is 1. The van der Waals surface area contributed by atoms with Gasteiger partial charge in [0, 0.05) is 46.4 Å². The zero-order valence-corrected chi connectivity index (χ0v) is 17.6. The molecule has 4 aromatic rings. The van der Waals surface area contributed by atoms with Crippen LogP contribution in [0.1, 0.15) is 21.5 Å². The summed E-state index contributed by atoms with van der Waals surface area (Å²) in [6.45, 7) is 3.20. The van der Waals surface area contributed by atoms with Crippen molar-refractivity contribution in [3.63, 3.8) is 0 Å². The molecule has 0 aliphatic rings. The first-order valence-corrected chi connectivity index (χ1v) is 10.9. The molecule has 1 amide bonds. The predicted molar refractivity (Wildman–Crippen MR) is 121 cm³/mol. The molecule has 0 spiro atoms. The molecular formula is C25H23FN2OS. The first kappa shape index (κ1) is 20.2. The van der Waals surface area contributed by atoms with E-state index in [1.54, 1.807) is 17.8 Å². The zero-order chi connectivity index (χ0) is 20.9. The van der Waals surface area contributed by atoms with Crippen LogP contribution in [0, 0.1) is 12.7 Å². The van der Waals surface area contributed by atoms with Crippen molar-refractivity contribution in [3.05, 3.63) is 102 Å². The van der Waals surface area contributed by atoms with Crippen LogP contribution in [0.25, 0.3) is 10.9 Å². The van der Waals surface area contributed by atoms with Gasteiger partial charge in [-0.05, 0) is 36.8 Å². The van der Waals surface area contributed by atoms with Gasteiger partial charge in [0.2, 0.25) is 0 Å². The first-order valence-electron chi connectivity index (χ1n) is 9.91. The van der Waals surface area contributed by atoms with E-state index in [0.717, 1.165) is 21.4 Å². The number of carbonyl (C=O) groups is 1. The van der Waals surface area contributed by atoms with Crippen LogP contribution in [-0.2, 0) is 12.3 Å². The highest BCUT2D eigenvalue weighted by atomic mass is 32.2. The summed E-state index contributed by atoms with van der Waals surface area (Å²) in [6, 6.07) is 22.6. The highest BCUT2D eigenvalue weighted by molar-refractivity contribution is 7.98. The van der Waals surface area contributed by atoms with E-state index in [1.165, 1.54) is 6.07 Å². The molecule has 0 aliphatic heterocycles. The molecule has 1 aromatic heterocycles. The van der Waals surface area contributed by atoms with Crippen molar-refractivity contribution in [1.29, 1.82) is 0 Å². The Morgan fingerprint density at radius 2 is 1.73 bits per heavy atom. The largest absolute Gasteiger partial charge is 0.350 e. The van der Waals surface area contributed by atoms with Crippen LogP contribution in [0.5, 0.6) is 0 Å². The maximum atomic E-state index is 14.0. The van der Waals surface area contributed by atoms with Gasteiger partial charge in [0.25, 0.3) is 5.91 Å². The predicted octanol–water partition coefficient (Wildman–Crippen LogP) is 5.81. The van der Waals surface area contributed by atoms with Gasteiger partial charge in [-0.1, -0.05) is 54.1 Å². The molecule has 0 saturated heterocycles. The minimum Gasteiger partial charge on any atom is -0.350 e. The number of aromatic nitrogens is 1. The molecule has 0 atom stereocenters. The van der Waals surface area contributed by atoms with E-state index in [9.17, 15) is 9.18 Å². The van der Waals surface area contributed by atoms with E-state index in [2.05, 4.69) is 28.2 Å². The number of hydrogen-bond acceptors (Lipinski definition) is 2. The van der Waals surface area contributed by atoms with Crippen LogP contribution in [-0.4, -0.2) is 17.0 Å². The Balaban J connectivity index is 1.44. The molecule has 0 aliphatic carbocycles. The number of aryl methyl sites for hydroxylation is 1. The van der Waals surface area contributed by atoms with Gasteiger partial charge in [0.05, 0.1) is 0 Å². The second kappa shape index (κ2) is 9.18. The Bertz CT molecular complexity index is 1170. The Morgan fingerprint density at radius 1 is 1.00 bits per heavy atom. The monoisotopic (exact) mass is 418 g/mol. The van der Waals surface area contributed by atoms with Crippen molar-refractivity contribution in [1.82, 2.24) is 9.88 Å². The number of carbonyl (C=O) groups excluding carboxylic acids is 1. The van der Waals surface area contributed by atoms with Gasteiger partial charge in [0.1, 0.15) is 5.82 Å². The standard InChI is InChI=1S/C25H23FN2OS/c1-18-10-12-19(13-11-18)25(29)27-14-15-28-16-24(21-7-3-5-9-23(21)28)30-17-20-6-2-4-8-22(20)26/h2-13,16H,14-15,17H2,1H3,(H,27,29). The minimum absolute atomic E-state index is 0.0689. The van der Waals surface area contributed by atoms with Crippen molar-refractivity contribution < 1.29 is 9.18 Å². The molecule has 152 valence electrons. The van der Waals surface area contributed by atoms with Gasteiger partial charge in [-0.3, -0.25) is 4.79 Å². The average Bonchev–Trinajstić information content (AvgIpc) is 3.11. The van der Waals surface area contributed by atoms with Gasteiger partial charge >= 0.3 is 0 Å². The van der Waals surface area contributed by atoms with Gasteiger partial charge in [-0.25, -0.2) is 4.39 Å². The lowest BCUT2D eigenvalue weighted by atomic mass is 10.1. The lowest BCUT2D eigenvalue weighted by molar-refractivity contribution is 0.0952. The highest BCUT2D eigenvalue weighted by Gasteiger charge is 2.11. The van der Waals surface area contributed by atoms with Gasteiger partial charge in [-0.2, -0.15) is 0 Å². The lowest BCUT2D eigenvalue weighted by Crippen LogP contribution is -2.27. The van der Waals surface area contributed by atoms with Crippen LogP contribution in [0.15, 0.2) is 83.9 Å². The van der Waals surface area contributed by atoms with Gasteiger partial charge < -0.3 is 9.88 Å². The van der Waals surface area contributed by atoms with Crippen molar-refractivity contribution >= 4 is 28.6 Å². The maximum absolute atomic E-state index is 14.0. The van der Waals surface area contributed by atoms with Crippen LogP contribution < -0.4 is 5.32 Å². The van der Waals surface area contributed by atoms with Gasteiger partial charge in [0.15, 0.2) is 0 Å². The quantitative estimate of drug-likeness (QED) is 0.384. The Hall–Kier alpha value is -3.05. The molecular weight excluding hydrogens is 395 g/mol. The molecule has 5 heteroatoms. The van der Waals surface area contributed by atoms with E-state index < -0.39 is 0 Å². The maximum Gasteiger partial charge on any atom is 0.251 e. The third-order valence-electron chi connectivity index (χ3n) is 5.05. The summed E-state index contributed by atoms with van der Waals surface area (Å²) < 4.78 is 16.1. The molecule has 4 rings (SSSR count). The molecule has 0 unspecified atom stereocenters. The SMILES string of the molecule is Cc1ccc(C(=O)NCCn2cc(SCc3ccccc3F)c3ccccc32)cc1. The number of nitrogens with zero attached hydrogens (tertiary/aromatic N) is 1. The van der Waals surface area contributed by atoms with E-state index >= 15 is 0 Å². The normalized spacial score (nSPS) is 11.0. The summed E-state index contributed by atoms with van der Waals surface area (Å²) in [4.78, 5) is 13.5. The third-order valence-corrected chi connectivity index (χ3v) is 6.14. The second-order valence-electron chi connectivity index (χ2n) is 7.21. The topological polar surface area (TPSA) is 34.0 Å². The summed E-state index contributed by atoms with van der Waals surface area (Å²) in [5.41, 5.74) is 3.60. The van der Waals surface area contributed by atoms with E-state index in [-0.39, 0.29) is 11.7 Å². The van der Waals surface area contributed by atoms with Crippen LogP contribution >= 0.6 is 11.8 Å². The Labute approximate surface area is 179 Å². The molecule has 1 N–H and O–H groups in total. The highest BCUT2D eigenvalue weighted by Crippen LogP contribution is 2.32. The molecule has 0 bridgehead atoms. The van der Waals surface area contributed by atoms with Crippen LogP contribution in [0.2, 0.25) is 0 Å².